The number of rotatable bonds is 3. The van der Waals surface area contributed by atoms with E-state index in [0.717, 1.165) is 5.56 Å². The number of likely N-dealkylation sites (tertiary alicyclic amines) is 1. The molecule has 0 radical (unpaired) electrons. The number of piperidine rings is 1. The number of hydrogen-bond donors (Lipinski definition) is 2. The molecule has 1 aromatic rings. The summed E-state index contributed by atoms with van der Waals surface area (Å²) in [5.74, 6) is 0. The summed E-state index contributed by atoms with van der Waals surface area (Å²) in [7, 11) is 0. The van der Waals surface area contributed by atoms with Crippen LogP contribution in [0, 0.1) is 0 Å². The van der Waals surface area contributed by atoms with Crippen LogP contribution in [0.25, 0.3) is 0 Å². The van der Waals surface area contributed by atoms with Gasteiger partial charge in [-0.3, -0.25) is 0 Å². The zero-order chi connectivity index (χ0) is 14.2. The van der Waals surface area contributed by atoms with Gasteiger partial charge in [-0.25, -0.2) is 4.79 Å². The highest BCUT2D eigenvalue weighted by Gasteiger charge is 2.50. The first-order chi connectivity index (χ1) is 9.58. The van der Waals surface area contributed by atoms with Crippen molar-refractivity contribution in [1.82, 2.24) is 4.90 Å². The van der Waals surface area contributed by atoms with E-state index in [1.807, 2.05) is 30.3 Å². The molecule has 0 bridgehead atoms. The zero-order valence-corrected chi connectivity index (χ0v) is 11.2. The van der Waals surface area contributed by atoms with Crippen LogP contribution in [0.5, 0.6) is 0 Å². The summed E-state index contributed by atoms with van der Waals surface area (Å²) in [6, 6.07) is 9.60. The molecule has 2 aliphatic heterocycles. The summed E-state index contributed by atoms with van der Waals surface area (Å²) < 4.78 is 5.23. The molecule has 0 aromatic heterocycles. The fraction of sp³-hybridized carbons (Fsp3) is 0.533. The van der Waals surface area contributed by atoms with Crippen LogP contribution in [0.3, 0.4) is 0 Å². The molecule has 3 unspecified atom stereocenters. The van der Waals surface area contributed by atoms with E-state index in [0.29, 0.717) is 32.4 Å². The second kappa shape index (κ2) is 5.07. The molecular formula is C15H19NO4. The lowest BCUT2D eigenvalue weighted by atomic mass is 9.82. The molecule has 2 N–H and O–H groups in total. The van der Waals surface area contributed by atoms with Crippen LogP contribution < -0.4 is 0 Å². The molecule has 5 nitrogen and oxygen atoms in total. The Labute approximate surface area is 117 Å². The second-order valence-electron chi connectivity index (χ2n) is 5.70. The molecule has 108 valence electrons. The number of benzene rings is 1. The van der Waals surface area contributed by atoms with E-state index < -0.39 is 11.7 Å². The van der Waals surface area contributed by atoms with Crippen molar-refractivity contribution in [3.05, 3.63) is 35.9 Å². The first kappa shape index (κ1) is 13.4. The Morgan fingerprint density at radius 3 is 2.70 bits per heavy atom. The monoisotopic (exact) mass is 277 g/mol. The summed E-state index contributed by atoms with van der Waals surface area (Å²) in [4.78, 5) is 12.8. The van der Waals surface area contributed by atoms with Crippen LogP contribution in [-0.2, 0) is 11.2 Å². The van der Waals surface area contributed by atoms with E-state index in [2.05, 4.69) is 0 Å². The van der Waals surface area contributed by atoms with Crippen molar-refractivity contribution >= 4 is 6.09 Å². The summed E-state index contributed by atoms with van der Waals surface area (Å²) in [5.41, 5.74) is 0.218. The number of aliphatic hydroxyl groups is 1. The van der Waals surface area contributed by atoms with E-state index in [4.69, 9.17) is 4.74 Å². The van der Waals surface area contributed by atoms with E-state index in [9.17, 15) is 15.0 Å². The molecule has 2 fully saturated rings. The van der Waals surface area contributed by atoms with E-state index >= 15 is 0 Å². The largest absolute Gasteiger partial charge is 0.465 e. The highest BCUT2D eigenvalue weighted by molar-refractivity contribution is 5.65. The maximum Gasteiger partial charge on any atom is 0.407 e. The van der Waals surface area contributed by atoms with Gasteiger partial charge < -0.3 is 19.8 Å². The number of carboxylic acid groups (broad SMARTS) is 1. The minimum Gasteiger partial charge on any atom is -0.465 e. The standard InChI is InChI=1S/C15H19NO4/c17-14(18)16-7-6-15(19,13-10-20-13)9-12(16)8-11-4-2-1-3-5-11/h1-5,12-13,19H,6-10H2,(H,17,18). The van der Waals surface area contributed by atoms with Crippen molar-refractivity contribution in [2.75, 3.05) is 13.2 Å². The van der Waals surface area contributed by atoms with Crippen LogP contribution in [0.1, 0.15) is 18.4 Å². The molecule has 2 saturated heterocycles. The van der Waals surface area contributed by atoms with Gasteiger partial charge in [0.05, 0.1) is 12.2 Å². The lowest BCUT2D eigenvalue weighted by Crippen LogP contribution is -2.55. The number of carbonyl (C=O) groups is 1. The topological polar surface area (TPSA) is 73.3 Å². The number of epoxide rings is 1. The smallest absolute Gasteiger partial charge is 0.407 e. The zero-order valence-electron chi connectivity index (χ0n) is 11.2. The Morgan fingerprint density at radius 1 is 1.40 bits per heavy atom. The third-order valence-corrected chi connectivity index (χ3v) is 4.31. The van der Waals surface area contributed by atoms with Crippen molar-refractivity contribution < 1.29 is 19.7 Å². The fourth-order valence-corrected chi connectivity index (χ4v) is 3.09. The van der Waals surface area contributed by atoms with Gasteiger partial charge in [-0.2, -0.15) is 0 Å². The predicted octanol–water partition coefficient (Wildman–Crippen LogP) is 1.50. The molecule has 1 amide bonds. The van der Waals surface area contributed by atoms with Gasteiger partial charge in [0.25, 0.3) is 0 Å². The molecule has 0 saturated carbocycles. The van der Waals surface area contributed by atoms with E-state index in [1.165, 1.54) is 4.90 Å². The first-order valence-electron chi connectivity index (χ1n) is 6.96. The molecule has 3 rings (SSSR count). The van der Waals surface area contributed by atoms with Crippen LogP contribution in [0.2, 0.25) is 0 Å². The van der Waals surface area contributed by atoms with Crippen molar-refractivity contribution in [3.8, 4) is 0 Å². The quantitative estimate of drug-likeness (QED) is 0.821. The molecule has 5 heteroatoms. The SMILES string of the molecule is O=C(O)N1CCC(O)(C2CO2)CC1Cc1ccccc1. The van der Waals surface area contributed by atoms with Crippen molar-refractivity contribution in [3.63, 3.8) is 0 Å². The number of ether oxygens (including phenoxy) is 1. The minimum atomic E-state index is -0.912. The Kier molecular flexibility index (Phi) is 3.40. The maximum atomic E-state index is 11.4. The molecule has 1 aromatic carbocycles. The lowest BCUT2D eigenvalue weighted by molar-refractivity contribution is -0.0574. The first-order valence-corrected chi connectivity index (χ1v) is 6.96. The lowest BCUT2D eigenvalue weighted by Gasteiger charge is -2.42. The van der Waals surface area contributed by atoms with Crippen molar-refractivity contribution in [1.29, 1.82) is 0 Å². The van der Waals surface area contributed by atoms with Gasteiger partial charge in [0.2, 0.25) is 0 Å². The van der Waals surface area contributed by atoms with Gasteiger partial charge in [-0.05, 0) is 24.8 Å². The summed E-state index contributed by atoms with van der Waals surface area (Å²) in [6.45, 7) is 0.949. The van der Waals surface area contributed by atoms with Gasteiger partial charge in [0, 0.05) is 12.6 Å². The number of amides is 1. The van der Waals surface area contributed by atoms with E-state index in [1.54, 1.807) is 0 Å². The Hall–Kier alpha value is -1.59. The summed E-state index contributed by atoms with van der Waals surface area (Å²) in [6.07, 6.45) is 0.498. The summed E-state index contributed by atoms with van der Waals surface area (Å²) in [5, 5.41) is 19.9. The van der Waals surface area contributed by atoms with Gasteiger partial charge in [-0.15, -0.1) is 0 Å². The molecule has 0 aliphatic carbocycles. The normalized spacial score (nSPS) is 33.0. The third kappa shape index (κ3) is 2.64. The second-order valence-corrected chi connectivity index (χ2v) is 5.70. The average Bonchev–Trinajstić information content (AvgIpc) is 3.24. The van der Waals surface area contributed by atoms with Crippen LogP contribution in [-0.4, -0.2) is 52.1 Å². The molecule has 0 spiro atoms. The van der Waals surface area contributed by atoms with Crippen molar-refractivity contribution in [2.45, 2.75) is 37.0 Å². The van der Waals surface area contributed by atoms with Gasteiger partial charge >= 0.3 is 6.09 Å². The highest BCUT2D eigenvalue weighted by atomic mass is 16.6. The van der Waals surface area contributed by atoms with Crippen LogP contribution in [0.15, 0.2) is 30.3 Å². The number of hydrogen-bond acceptors (Lipinski definition) is 3. The number of nitrogens with zero attached hydrogens (tertiary/aromatic N) is 1. The molecular weight excluding hydrogens is 258 g/mol. The van der Waals surface area contributed by atoms with Gasteiger partial charge in [-0.1, -0.05) is 30.3 Å². The maximum absolute atomic E-state index is 11.4. The Balaban J connectivity index is 1.77. The molecule has 2 heterocycles. The third-order valence-electron chi connectivity index (χ3n) is 4.31. The summed E-state index contributed by atoms with van der Waals surface area (Å²) >= 11 is 0. The van der Waals surface area contributed by atoms with Gasteiger partial charge in [0.1, 0.15) is 6.10 Å². The molecule has 2 aliphatic rings. The van der Waals surface area contributed by atoms with Crippen LogP contribution in [0.4, 0.5) is 4.79 Å². The molecule has 3 atom stereocenters. The van der Waals surface area contributed by atoms with Crippen LogP contribution >= 0.6 is 0 Å². The predicted molar refractivity (Wildman–Crippen MR) is 72.6 cm³/mol. The Morgan fingerprint density at radius 2 is 2.10 bits per heavy atom. The average molecular weight is 277 g/mol. The Bertz CT molecular complexity index is 488. The fourth-order valence-electron chi connectivity index (χ4n) is 3.09. The highest BCUT2D eigenvalue weighted by Crippen LogP contribution is 2.37. The van der Waals surface area contributed by atoms with E-state index in [-0.39, 0.29) is 12.1 Å². The van der Waals surface area contributed by atoms with Crippen molar-refractivity contribution in [2.24, 2.45) is 0 Å². The van der Waals surface area contributed by atoms with Gasteiger partial charge in [0.15, 0.2) is 0 Å². The minimum absolute atomic E-state index is 0.114. The molecule has 20 heavy (non-hydrogen) atoms.